The van der Waals surface area contributed by atoms with E-state index in [4.69, 9.17) is 9.47 Å². The lowest BCUT2D eigenvalue weighted by Gasteiger charge is -2.38. The van der Waals surface area contributed by atoms with Crippen molar-refractivity contribution < 1.29 is 14.3 Å². The Kier molecular flexibility index (Phi) is 5.79. The molecule has 2 aliphatic rings. The number of carbonyl (C=O) groups is 1. The molecule has 3 aromatic rings. The lowest BCUT2D eigenvalue weighted by molar-refractivity contribution is 0.0345. The molecule has 2 aromatic carbocycles. The van der Waals surface area contributed by atoms with E-state index in [1.54, 1.807) is 0 Å². The van der Waals surface area contributed by atoms with Crippen molar-refractivity contribution in [2.24, 2.45) is 5.92 Å². The van der Waals surface area contributed by atoms with E-state index < -0.39 is 0 Å². The van der Waals surface area contributed by atoms with Gasteiger partial charge in [0.15, 0.2) is 0 Å². The van der Waals surface area contributed by atoms with Crippen molar-refractivity contribution in [3.05, 3.63) is 71.9 Å². The first kappa shape index (κ1) is 20.3. The Balaban J connectivity index is 1.46. The fourth-order valence-electron chi connectivity index (χ4n) is 5.03. The molecular formula is C26H30N2O3. The Hall–Kier alpha value is -2.63. The zero-order valence-corrected chi connectivity index (χ0v) is 17.9. The van der Waals surface area contributed by atoms with Gasteiger partial charge in [-0.15, -0.1) is 0 Å². The lowest BCUT2D eigenvalue weighted by atomic mass is 9.82. The third-order valence-corrected chi connectivity index (χ3v) is 6.85. The van der Waals surface area contributed by atoms with Gasteiger partial charge >= 0.3 is 0 Å². The van der Waals surface area contributed by atoms with Crippen LogP contribution in [0.4, 0.5) is 0 Å². The number of carbonyl (C=O) groups excluding carboxylic acids is 1. The van der Waals surface area contributed by atoms with E-state index in [-0.39, 0.29) is 11.4 Å². The monoisotopic (exact) mass is 418 g/mol. The van der Waals surface area contributed by atoms with Crippen LogP contribution in [-0.4, -0.2) is 36.9 Å². The summed E-state index contributed by atoms with van der Waals surface area (Å²) in [7, 11) is 0. The molecule has 2 aliphatic heterocycles. The van der Waals surface area contributed by atoms with E-state index in [1.807, 2.05) is 30.5 Å². The number of nitrogens with one attached hydrogen (secondary N) is 1. The summed E-state index contributed by atoms with van der Waals surface area (Å²) in [5, 5.41) is 4.44. The van der Waals surface area contributed by atoms with Gasteiger partial charge in [0.2, 0.25) is 0 Å². The number of amides is 1. The highest BCUT2D eigenvalue weighted by atomic mass is 16.5. The van der Waals surface area contributed by atoms with E-state index in [2.05, 4.69) is 40.2 Å². The predicted octanol–water partition coefficient (Wildman–Crippen LogP) is 4.50. The van der Waals surface area contributed by atoms with Crippen LogP contribution in [0.25, 0.3) is 10.9 Å². The fourth-order valence-corrected chi connectivity index (χ4v) is 5.03. The summed E-state index contributed by atoms with van der Waals surface area (Å²) in [5.41, 5.74) is 2.64. The van der Waals surface area contributed by atoms with E-state index in [0.29, 0.717) is 19.1 Å². The van der Waals surface area contributed by atoms with Gasteiger partial charge in [-0.25, -0.2) is 0 Å². The number of hydrogen-bond donors (Lipinski definition) is 1. The summed E-state index contributed by atoms with van der Waals surface area (Å²) >= 11 is 0. The molecule has 2 fully saturated rings. The molecule has 31 heavy (non-hydrogen) atoms. The van der Waals surface area contributed by atoms with Gasteiger partial charge in [-0.05, 0) is 43.2 Å². The second-order valence-electron chi connectivity index (χ2n) is 8.78. The lowest BCUT2D eigenvalue weighted by Crippen LogP contribution is -2.49. The Morgan fingerprint density at radius 1 is 0.935 bits per heavy atom. The molecule has 2 saturated heterocycles. The Bertz CT molecular complexity index is 1030. The highest BCUT2D eigenvalue weighted by Crippen LogP contribution is 2.33. The largest absolute Gasteiger partial charge is 0.381 e. The van der Waals surface area contributed by atoms with Gasteiger partial charge in [-0.1, -0.05) is 48.5 Å². The number of fused-ring (bicyclic) bond motifs is 1. The molecule has 5 heteroatoms. The molecule has 0 unspecified atom stereocenters. The van der Waals surface area contributed by atoms with Crippen molar-refractivity contribution in [1.82, 2.24) is 9.88 Å². The first-order valence-corrected chi connectivity index (χ1v) is 11.4. The highest BCUT2D eigenvalue weighted by molar-refractivity contribution is 6.07. The van der Waals surface area contributed by atoms with Crippen molar-refractivity contribution >= 4 is 16.8 Å². The summed E-state index contributed by atoms with van der Waals surface area (Å²) in [5.74, 6) is 0.583. The molecule has 5 nitrogen and oxygen atoms in total. The molecule has 5 rings (SSSR count). The minimum Gasteiger partial charge on any atom is -0.381 e. The van der Waals surface area contributed by atoms with Crippen LogP contribution in [-0.2, 0) is 21.6 Å². The quantitative estimate of drug-likeness (QED) is 0.664. The van der Waals surface area contributed by atoms with Crippen LogP contribution in [0.1, 0.15) is 41.6 Å². The third kappa shape index (κ3) is 4.12. The zero-order chi connectivity index (χ0) is 21.1. The maximum absolute atomic E-state index is 13.6. The average molecular weight is 419 g/mol. The van der Waals surface area contributed by atoms with Crippen molar-refractivity contribution in [1.29, 1.82) is 0 Å². The molecular weight excluding hydrogens is 388 g/mol. The molecule has 0 saturated carbocycles. The van der Waals surface area contributed by atoms with Crippen molar-refractivity contribution in [2.45, 2.75) is 37.8 Å². The van der Waals surface area contributed by atoms with E-state index in [0.717, 1.165) is 67.5 Å². The summed E-state index contributed by atoms with van der Waals surface area (Å²) < 4.78 is 13.4. The Morgan fingerprint density at radius 2 is 1.61 bits per heavy atom. The van der Waals surface area contributed by atoms with Crippen LogP contribution in [0.15, 0.2) is 60.8 Å². The van der Waals surface area contributed by atoms with Gasteiger partial charge in [0.05, 0.1) is 11.1 Å². The maximum atomic E-state index is 13.6. The zero-order valence-electron chi connectivity index (χ0n) is 17.9. The molecule has 162 valence electrons. The average Bonchev–Trinajstić information content (AvgIpc) is 3.20. The van der Waals surface area contributed by atoms with Gasteiger partial charge in [0.1, 0.15) is 0 Å². The van der Waals surface area contributed by atoms with Gasteiger partial charge in [-0.3, -0.25) is 4.79 Å². The summed E-state index contributed by atoms with van der Waals surface area (Å²) in [4.78, 5) is 13.6. The number of aromatic nitrogens is 1. The van der Waals surface area contributed by atoms with Crippen LogP contribution in [0.3, 0.4) is 0 Å². The van der Waals surface area contributed by atoms with Crippen LogP contribution in [0, 0.1) is 5.92 Å². The molecule has 3 heterocycles. The minimum atomic E-state index is -0.388. The number of nitrogens with zero attached hydrogens (tertiary/aromatic N) is 1. The van der Waals surface area contributed by atoms with Crippen LogP contribution in [0.5, 0.6) is 0 Å². The molecule has 0 atom stereocenters. The number of rotatable bonds is 5. The molecule has 0 radical (unpaired) electrons. The molecule has 0 bridgehead atoms. The van der Waals surface area contributed by atoms with E-state index in [1.165, 1.54) is 0 Å². The van der Waals surface area contributed by atoms with Gasteiger partial charge in [0.25, 0.3) is 5.91 Å². The van der Waals surface area contributed by atoms with Crippen molar-refractivity contribution in [2.75, 3.05) is 26.4 Å². The molecule has 1 amide bonds. The molecule has 0 spiro atoms. The van der Waals surface area contributed by atoms with Crippen LogP contribution < -0.4 is 5.32 Å². The van der Waals surface area contributed by atoms with Crippen molar-refractivity contribution in [3.8, 4) is 0 Å². The Labute approximate surface area is 183 Å². The van der Waals surface area contributed by atoms with Crippen LogP contribution in [0.2, 0.25) is 0 Å². The van der Waals surface area contributed by atoms with E-state index in [9.17, 15) is 4.79 Å². The van der Waals surface area contributed by atoms with Crippen molar-refractivity contribution in [3.63, 3.8) is 0 Å². The van der Waals surface area contributed by atoms with Gasteiger partial charge < -0.3 is 19.4 Å². The number of hydrogen-bond acceptors (Lipinski definition) is 3. The van der Waals surface area contributed by atoms with Gasteiger partial charge in [-0.2, -0.15) is 0 Å². The smallest absolute Gasteiger partial charge is 0.254 e. The standard InChI is InChI=1S/C26H30N2O3/c29-25(27-26(12-16-31-17-13-26)21-6-2-1-3-7-21)23-19-28(18-20-10-14-30-15-11-20)24-9-5-4-8-22(23)24/h1-9,19-20H,10-18H2,(H,27,29). The first-order valence-electron chi connectivity index (χ1n) is 11.4. The van der Waals surface area contributed by atoms with E-state index >= 15 is 0 Å². The minimum absolute atomic E-state index is 0.00678. The summed E-state index contributed by atoms with van der Waals surface area (Å²) in [6, 6.07) is 18.6. The first-order chi connectivity index (χ1) is 15.3. The second kappa shape index (κ2) is 8.85. The number of ether oxygens (including phenoxy) is 2. The maximum Gasteiger partial charge on any atom is 0.254 e. The summed E-state index contributed by atoms with van der Waals surface area (Å²) in [6.07, 6.45) is 5.76. The SMILES string of the molecule is O=C(NC1(c2ccccc2)CCOCC1)c1cn(CC2CCOCC2)c2ccccc12. The van der Waals surface area contributed by atoms with Crippen LogP contribution >= 0.6 is 0 Å². The normalized spacial score (nSPS) is 19.4. The Morgan fingerprint density at radius 3 is 2.39 bits per heavy atom. The van der Waals surface area contributed by atoms with Gasteiger partial charge in [0, 0.05) is 50.1 Å². The topological polar surface area (TPSA) is 52.5 Å². The number of para-hydroxylation sites is 1. The predicted molar refractivity (Wildman–Crippen MR) is 121 cm³/mol. The highest BCUT2D eigenvalue weighted by Gasteiger charge is 2.36. The third-order valence-electron chi connectivity index (χ3n) is 6.85. The second-order valence-corrected chi connectivity index (χ2v) is 8.78. The molecule has 1 N–H and O–H groups in total. The summed E-state index contributed by atoms with van der Waals surface area (Å²) in [6.45, 7) is 3.90. The number of benzene rings is 2. The fraction of sp³-hybridized carbons (Fsp3) is 0.423. The molecule has 1 aromatic heterocycles. The molecule has 0 aliphatic carbocycles.